The first-order chi connectivity index (χ1) is 9.24. The molecule has 0 saturated carbocycles. The van der Waals surface area contributed by atoms with Crippen molar-refractivity contribution in [2.75, 3.05) is 23.3 Å². The van der Waals surface area contributed by atoms with Gasteiger partial charge in [0.25, 0.3) is 0 Å². The molecular weight excluding hydrogens is 269 g/mol. The average molecular weight is 290 g/mol. The fourth-order valence-electron chi connectivity index (χ4n) is 1.74. The van der Waals surface area contributed by atoms with Crippen LogP contribution in [0.2, 0.25) is 0 Å². The highest BCUT2D eigenvalue weighted by Crippen LogP contribution is 2.25. The Kier molecular flexibility index (Phi) is 5.59. The minimum absolute atomic E-state index is 0.302. The molecule has 1 aromatic rings. The maximum atomic E-state index is 12.7. The second-order valence-electron chi connectivity index (χ2n) is 4.96. The number of rotatable bonds is 6. The van der Waals surface area contributed by atoms with Crippen molar-refractivity contribution < 1.29 is 13.2 Å². The van der Waals surface area contributed by atoms with E-state index < -0.39 is 12.7 Å². The molecule has 1 aromatic heterocycles. The third-order valence-electron chi connectivity index (χ3n) is 2.72. The van der Waals surface area contributed by atoms with Crippen LogP contribution in [-0.2, 0) is 0 Å². The highest BCUT2D eigenvalue weighted by Gasteiger charge is 2.33. The summed E-state index contributed by atoms with van der Waals surface area (Å²) in [5.41, 5.74) is 0.630. The summed E-state index contributed by atoms with van der Waals surface area (Å²) < 4.78 is 38.1. The van der Waals surface area contributed by atoms with E-state index in [1.54, 1.807) is 27.0 Å². The lowest BCUT2D eigenvalue weighted by Crippen LogP contribution is -2.40. The van der Waals surface area contributed by atoms with Gasteiger partial charge in [-0.3, -0.25) is 0 Å². The van der Waals surface area contributed by atoms with Crippen molar-refractivity contribution in [1.29, 1.82) is 0 Å². The van der Waals surface area contributed by atoms with E-state index in [1.807, 2.05) is 6.92 Å². The number of aromatic nitrogens is 2. The maximum Gasteiger partial charge on any atom is 0.405 e. The lowest BCUT2D eigenvalue weighted by Gasteiger charge is -2.30. The van der Waals surface area contributed by atoms with Gasteiger partial charge in [-0.05, 0) is 27.2 Å². The van der Waals surface area contributed by atoms with Gasteiger partial charge in [0.1, 0.15) is 12.4 Å². The molecule has 0 spiro atoms. The summed E-state index contributed by atoms with van der Waals surface area (Å²) in [5.74, 6) is 0.686. The molecule has 1 rings (SSSR count). The third kappa shape index (κ3) is 4.86. The molecule has 114 valence electrons. The molecule has 1 heterocycles. The van der Waals surface area contributed by atoms with Crippen molar-refractivity contribution in [3.63, 3.8) is 0 Å². The summed E-state index contributed by atoms with van der Waals surface area (Å²) in [7, 11) is 0. The second-order valence-corrected chi connectivity index (χ2v) is 4.96. The molecule has 0 aromatic carbocycles. The minimum atomic E-state index is -4.27. The molecule has 0 bridgehead atoms. The van der Waals surface area contributed by atoms with E-state index in [0.29, 0.717) is 23.9 Å². The predicted molar refractivity (Wildman–Crippen MR) is 74.1 cm³/mol. The molecule has 0 aliphatic heterocycles. The van der Waals surface area contributed by atoms with Crippen molar-refractivity contribution in [2.45, 2.75) is 46.3 Å². The fraction of sp³-hybridized carbons (Fsp3) is 0.692. The van der Waals surface area contributed by atoms with Crippen LogP contribution in [0.4, 0.5) is 24.9 Å². The molecule has 0 unspecified atom stereocenters. The van der Waals surface area contributed by atoms with Crippen LogP contribution in [0.5, 0.6) is 0 Å². The molecule has 20 heavy (non-hydrogen) atoms. The van der Waals surface area contributed by atoms with E-state index in [9.17, 15) is 13.2 Å². The molecular formula is C13H21F3N4. The molecule has 4 nitrogen and oxygen atoms in total. The number of nitrogens with one attached hydrogen (secondary N) is 1. The Labute approximate surface area is 117 Å². The van der Waals surface area contributed by atoms with Gasteiger partial charge >= 0.3 is 6.18 Å². The van der Waals surface area contributed by atoms with Crippen LogP contribution in [0.3, 0.4) is 0 Å². The van der Waals surface area contributed by atoms with Crippen LogP contribution < -0.4 is 10.2 Å². The van der Waals surface area contributed by atoms with E-state index >= 15 is 0 Å². The van der Waals surface area contributed by atoms with E-state index in [0.717, 1.165) is 6.42 Å². The standard InChI is InChI=1S/C13H21F3N4/c1-5-6-17-12-18-7-10(4)11(19-12)20(9(2)3)8-13(14,15)16/h7,9H,5-6,8H2,1-4H3,(H,17,18,19). The molecule has 1 N–H and O–H groups in total. The number of hydrogen-bond acceptors (Lipinski definition) is 4. The van der Waals surface area contributed by atoms with Gasteiger partial charge in [0, 0.05) is 24.3 Å². The summed E-state index contributed by atoms with van der Waals surface area (Å²) in [6.45, 7) is 6.80. The number of hydrogen-bond donors (Lipinski definition) is 1. The Morgan fingerprint density at radius 3 is 2.50 bits per heavy atom. The summed E-state index contributed by atoms with van der Waals surface area (Å²) in [5, 5.41) is 2.99. The number of alkyl halides is 3. The van der Waals surface area contributed by atoms with Crippen molar-refractivity contribution >= 4 is 11.8 Å². The normalized spacial score (nSPS) is 11.8. The van der Waals surface area contributed by atoms with Gasteiger partial charge in [0.2, 0.25) is 5.95 Å². The quantitative estimate of drug-likeness (QED) is 0.872. The fourth-order valence-corrected chi connectivity index (χ4v) is 1.74. The topological polar surface area (TPSA) is 41.1 Å². The lowest BCUT2D eigenvalue weighted by atomic mass is 10.2. The molecule has 7 heteroatoms. The SMILES string of the molecule is CCCNc1ncc(C)c(N(CC(F)(F)F)C(C)C)n1. The Morgan fingerprint density at radius 2 is 2.00 bits per heavy atom. The van der Waals surface area contributed by atoms with E-state index in [-0.39, 0.29) is 6.04 Å². The first kappa shape index (κ1) is 16.5. The first-order valence-corrected chi connectivity index (χ1v) is 6.65. The van der Waals surface area contributed by atoms with E-state index in [4.69, 9.17) is 0 Å². The van der Waals surface area contributed by atoms with Gasteiger partial charge in [-0.15, -0.1) is 0 Å². The monoisotopic (exact) mass is 290 g/mol. The van der Waals surface area contributed by atoms with Crippen LogP contribution >= 0.6 is 0 Å². The molecule has 0 aliphatic carbocycles. The van der Waals surface area contributed by atoms with Gasteiger partial charge in [0.15, 0.2) is 0 Å². The van der Waals surface area contributed by atoms with Crippen LogP contribution in [0.25, 0.3) is 0 Å². The van der Waals surface area contributed by atoms with Crippen LogP contribution in [0, 0.1) is 6.92 Å². The zero-order valence-corrected chi connectivity index (χ0v) is 12.3. The maximum absolute atomic E-state index is 12.7. The third-order valence-corrected chi connectivity index (χ3v) is 2.72. The van der Waals surface area contributed by atoms with Crippen molar-refractivity contribution in [3.8, 4) is 0 Å². The van der Waals surface area contributed by atoms with Gasteiger partial charge in [0.05, 0.1) is 0 Å². The van der Waals surface area contributed by atoms with Gasteiger partial charge in [-0.25, -0.2) is 4.98 Å². The molecule has 0 fully saturated rings. The minimum Gasteiger partial charge on any atom is -0.354 e. The van der Waals surface area contributed by atoms with E-state index in [1.165, 1.54) is 4.90 Å². The predicted octanol–water partition coefficient (Wildman–Crippen LogP) is 3.38. The number of nitrogens with zero attached hydrogens (tertiary/aromatic N) is 3. The number of halogens is 3. The number of aryl methyl sites for hydroxylation is 1. The Hall–Kier alpha value is -1.53. The smallest absolute Gasteiger partial charge is 0.354 e. The van der Waals surface area contributed by atoms with Gasteiger partial charge < -0.3 is 10.2 Å². The Morgan fingerprint density at radius 1 is 1.35 bits per heavy atom. The van der Waals surface area contributed by atoms with Crippen molar-refractivity contribution in [2.24, 2.45) is 0 Å². The zero-order valence-electron chi connectivity index (χ0n) is 12.3. The molecule has 0 atom stereocenters. The van der Waals surface area contributed by atoms with Crippen molar-refractivity contribution in [1.82, 2.24) is 9.97 Å². The van der Waals surface area contributed by atoms with E-state index in [2.05, 4.69) is 15.3 Å². The lowest BCUT2D eigenvalue weighted by molar-refractivity contribution is -0.120. The molecule has 0 amide bonds. The second kappa shape index (κ2) is 6.76. The number of anilines is 2. The van der Waals surface area contributed by atoms with Crippen LogP contribution in [0.1, 0.15) is 32.8 Å². The highest BCUT2D eigenvalue weighted by atomic mass is 19.4. The van der Waals surface area contributed by atoms with Crippen LogP contribution in [-0.4, -0.2) is 35.3 Å². The molecule has 0 radical (unpaired) electrons. The first-order valence-electron chi connectivity index (χ1n) is 6.65. The molecule has 0 aliphatic rings. The summed E-state index contributed by atoms with van der Waals surface area (Å²) >= 11 is 0. The van der Waals surface area contributed by atoms with Crippen molar-refractivity contribution in [3.05, 3.63) is 11.8 Å². The molecule has 0 saturated heterocycles. The van der Waals surface area contributed by atoms with Gasteiger partial charge in [-0.2, -0.15) is 18.2 Å². The zero-order chi connectivity index (χ0) is 15.3. The Bertz CT molecular complexity index is 432. The summed E-state index contributed by atoms with van der Waals surface area (Å²) in [6.07, 6.45) is -1.83. The van der Waals surface area contributed by atoms with Crippen LogP contribution in [0.15, 0.2) is 6.20 Å². The summed E-state index contributed by atoms with van der Waals surface area (Å²) in [6, 6.07) is -0.302. The average Bonchev–Trinajstić information content (AvgIpc) is 2.34. The highest BCUT2D eigenvalue weighted by molar-refractivity contribution is 5.49. The van der Waals surface area contributed by atoms with Gasteiger partial charge in [-0.1, -0.05) is 6.92 Å². The summed E-state index contributed by atoms with van der Waals surface area (Å²) in [4.78, 5) is 9.55. The largest absolute Gasteiger partial charge is 0.405 e. The Balaban J connectivity index is 3.05.